The van der Waals surface area contributed by atoms with Gasteiger partial charge in [0.25, 0.3) is 0 Å². The number of unbranched alkanes of at least 4 members (excludes halogenated alkanes) is 1. The largest absolute Gasteiger partial charge is 0.386 e. The van der Waals surface area contributed by atoms with Crippen molar-refractivity contribution in [3.63, 3.8) is 0 Å². The molecule has 2 aromatic rings. The molecule has 16 heteroatoms. The SMILES string of the molecule is CNc1c(CCCCC(=O)N2CCCC(S(=O)(=O)N3CCC(Nc4ncc5c(n4)N(C4CCCC4C)C(=O)C54CC4)CC3)C2)cccc1NC1CCC(=O)NC1=O. The number of imide groups is 1. The Labute approximate surface area is 335 Å². The Bertz CT molecular complexity index is 2000. The van der Waals surface area contributed by atoms with Gasteiger partial charge in [-0.05, 0) is 94.6 Å². The lowest BCUT2D eigenvalue weighted by Gasteiger charge is -2.38. The molecule has 4 amide bonds. The zero-order valence-electron chi connectivity index (χ0n) is 33.2. The molecule has 3 saturated heterocycles. The van der Waals surface area contributed by atoms with Gasteiger partial charge in [-0.1, -0.05) is 25.5 Å². The van der Waals surface area contributed by atoms with E-state index in [0.717, 1.165) is 73.3 Å². The van der Waals surface area contributed by atoms with Gasteiger partial charge in [-0.15, -0.1) is 0 Å². The van der Waals surface area contributed by atoms with Gasteiger partial charge in [-0.2, -0.15) is 4.98 Å². The second kappa shape index (κ2) is 16.1. The van der Waals surface area contributed by atoms with Gasteiger partial charge >= 0.3 is 0 Å². The van der Waals surface area contributed by atoms with E-state index in [4.69, 9.17) is 4.98 Å². The van der Waals surface area contributed by atoms with E-state index in [1.165, 1.54) is 0 Å². The summed E-state index contributed by atoms with van der Waals surface area (Å²) < 4.78 is 29.4. The number of anilines is 4. The van der Waals surface area contributed by atoms with Crippen LogP contribution in [0.25, 0.3) is 0 Å². The zero-order chi connectivity index (χ0) is 39.9. The zero-order valence-corrected chi connectivity index (χ0v) is 34.0. The predicted octanol–water partition coefficient (Wildman–Crippen LogP) is 3.91. The Hall–Kier alpha value is -4.31. The smallest absolute Gasteiger partial charge is 0.249 e. The van der Waals surface area contributed by atoms with E-state index in [0.29, 0.717) is 82.9 Å². The average Bonchev–Trinajstić information content (AvgIpc) is 3.86. The first-order valence-electron chi connectivity index (χ1n) is 21.1. The molecule has 6 aliphatic rings. The number of para-hydroxylation sites is 1. The topological polar surface area (TPSA) is 186 Å². The van der Waals surface area contributed by atoms with Crippen molar-refractivity contribution in [2.24, 2.45) is 5.92 Å². The number of piperidine rings is 3. The van der Waals surface area contributed by atoms with Gasteiger partial charge in [-0.3, -0.25) is 29.4 Å². The summed E-state index contributed by atoms with van der Waals surface area (Å²) >= 11 is 0. The van der Waals surface area contributed by atoms with Crippen LogP contribution in [0, 0.1) is 5.92 Å². The average molecular weight is 804 g/mol. The van der Waals surface area contributed by atoms with E-state index in [1.807, 2.05) is 36.3 Å². The van der Waals surface area contributed by atoms with Crippen LogP contribution in [0.1, 0.15) is 108 Å². The quantitative estimate of drug-likeness (QED) is 0.170. The molecule has 5 heterocycles. The summed E-state index contributed by atoms with van der Waals surface area (Å²) in [7, 11) is -1.77. The molecule has 308 valence electrons. The van der Waals surface area contributed by atoms with Crippen LogP contribution in [0.2, 0.25) is 0 Å². The molecule has 0 radical (unpaired) electrons. The molecule has 4 N–H and O–H groups in total. The number of aromatic nitrogens is 2. The first kappa shape index (κ1) is 39.5. The van der Waals surface area contributed by atoms with Crippen LogP contribution in [0.5, 0.6) is 0 Å². The van der Waals surface area contributed by atoms with E-state index in [9.17, 15) is 27.6 Å². The molecule has 0 bridgehead atoms. The van der Waals surface area contributed by atoms with Crippen molar-refractivity contribution in [1.82, 2.24) is 24.5 Å². The number of fused-ring (bicyclic) bond motifs is 2. The third-order valence-corrected chi connectivity index (χ3v) is 15.7. The highest BCUT2D eigenvalue weighted by Crippen LogP contribution is 2.58. The van der Waals surface area contributed by atoms with Crippen LogP contribution in [-0.4, -0.2) is 108 Å². The van der Waals surface area contributed by atoms with Crippen LogP contribution in [0.4, 0.5) is 23.1 Å². The highest BCUT2D eigenvalue weighted by Gasteiger charge is 2.62. The highest BCUT2D eigenvalue weighted by molar-refractivity contribution is 7.89. The lowest BCUT2D eigenvalue weighted by Crippen LogP contribution is -2.52. The van der Waals surface area contributed by atoms with Crippen molar-refractivity contribution in [3.8, 4) is 0 Å². The monoisotopic (exact) mass is 803 g/mol. The van der Waals surface area contributed by atoms with Crippen molar-refractivity contribution in [3.05, 3.63) is 35.5 Å². The number of sulfonamides is 1. The predicted molar refractivity (Wildman–Crippen MR) is 217 cm³/mol. The number of benzene rings is 1. The number of likely N-dealkylation sites (tertiary alicyclic amines) is 1. The van der Waals surface area contributed by atoms with Crippen LogP contribution >= 0.6 is 0 Å². The number of amides is 4. The molecular weight excluding hydrogens is 747 g/mol. The van der Waals surface area contributed by atoms with Crippen molar-refractivity contribution >= 4 is 56.8 Å². The van der Waals surface area contributed by atoms with Crippen molar-refractivity contribution in [2.75, 3.05) is 54.1 Å². The summed E-state index contributed by atoms with van der Waals surface area (Å²) in [4.78, 5) is 64.2. The van der Waals surface area contributed by atoms with E-state index >= 15 is 0 Å². The molecule has 2 saturated carbocycles. The van der Waals surface area contributed by atoms with Crippen LogP contribution in [0.15, 0.2) is 24.4 Å². The maximum atomic E-state index is 13.9. The fraction of sp³-hybridized carbons (Fsp3) is 0.659. The summed E-state index contributed by atoms with van der Waals surface area (Å²) in [6, 6.07) is 5.57. The van der Waals surface area contributed by atoms with Gasteiger partial charge in [-0.25, -0.2) is 17.7 Å². The lowest BCUT2D eigenvalue weighted by molar-refractivity contribution is -0.134. The lowest BCUT2D eigenvalue weighted by atomic mass is 10.0. The number of hydrogen-bond acceptors (Lipinski definition) is 11. The van der Waals surface area contributed by atoms with E-state index in [2.05, 4.69) is 33.2 Å². The third-order valence-electron chi connectivity index (χ3n) is 13.4. The first-order chi connectivity index (χ1) is 27.5. The molecule has 5 fully saturated rings. The number of aryl methyl sites for hydroxylation is 1. The maximum absolute atomic E-state index is 13.9. The van der Waals surface area contributed by atoms with Crippen molar-refractivity contribution in [1.29, 1.82) is 0 Å². The van der Waals surface area contributed by atoms with Gasteiger partial charge in [0.1, 0.15) is 11.9 Å². The van der Waals surface area contributed by atoms with E-state index in [1.54, 1.807) is 9.21 Å². The summed E-state index contributed by atoms with van der Waals surface area (Å²) in [6.07, 6.45) is 12.5. The molecule has 2 aliphatic carbocycles. The molecular formula is C41H57N9O6S. The molecule has 1 aromatic carbocycles. The van der Waals surface area contributed by atoms with Crippen LogP contribution < -0.4 is 26.2 Å². The van der Waals surface area contributed by atoms with Gasteiger partial charge < -0.3 is 20.9 Å². The molecule has 4 atom stereocenters. The summed E-state index contributed by atoms with van der Waals surface area (Å²) in [5, 5.41) is 11.8. The third kappa shape index (κ3) is 7.83. The highest BCUT2D eigenvalue weighted by atomic mass is 32.2. The number of nitrogens with one attached hydrogen (secondary N) is 4. The Balaban J connectivity index is 0.807. The molecule has 1 spiro atoms. The minimum atomic E-state index is -3.60. The second-order valence-corrected chi connectivity index (χ2v) is 19.3. The number of carbonyl (C=O) groups is 4. The van der Waals surface area contributed by atoms with Gasteiger partial charge in [0.05, 0.1) is 22.0 Å². The number of rotatable bonds is 13. The summed E-state index contributed by atoms with van der Waals surface area (Å²) in [5.41, 5.74) is 3.28. The van der Waals surface area contributed by atoms with E-state index < -0.39 is 26.7 Å². The first-order valence-corrected chi connectivity index (χ1v) is 22.6. The fourth-order valence-corrected chi connectivity index (χ4v) is 11.9. The summed E-state index contributed by atoms with van der Waals surface area (Å²) in [5.74, 6) is 1.30. The fourth-order valence-electron chi connectivity index (χ4n) is 9.88. The Kier molecular flexibility index (Phi) is 11.2. The molecule has 8 rings (SSSR count). The maximum Gasteiger partial charge on any atom is 0.249 e. The van der Waals surface area contributed by atoms with Crippen LogP contribution in [0.3, 0.4) is 0 Å². The standard InChI is InChI=1S/C41H57N9O6S/c1-26-8-5-13-33(26)50-37-30(41(19-20-41)39(50)54)24-43-40(47-37)44-28-17-22-49(23-18-28)57(55,56)29-11-7-21-48(25-29)35(52)14-4-3-9-27-10-6-12-31(36(27)42-2)45-32-15-16-34(51)46-38(32)53/h6,10,12,24,26,28-29,32-33,42,45H,3-5,7-9,11,13-23,25H2,1-2H3,(H,43,44,47)(H,46,51,53). The van der Waals surface area contributed by atoms with Crippen molar-refractivity contribution in [2.45, 2.75) is 132 Å². The molecule has 15 nitrogen and oxygen atoms in total. The Morgan fingerprint density at radius 1 is 0.982 bits per heavy atom. The Morgan fingerprint density at radius 3 is 2.51 bits per heavy atom. The minimum absolute atomic E-state index is 0.00969. The second-order valence-electron chi connectivity index (χ2n) is 17.1. The summed E-state index contributed by atoms with van der Waals surface area (Å²) in [6.45, 7) is 3.80. The van der Waals surface area contributed by atoms with Crippen molar-refractivity contribution < 1.29 is 27.6 Å². The number of hydrogen-bond donors (Lipinski definition) is 4. The van der Waals surface area contributed by atoms with Crippen LogP contribution in [-0.2, 0) is 41.0 Å². The molecule has 4 unspecified atom stereocenters. The Morgan fingerprint density at radius 2 is 1.79 bits per heavy atom. The molecule has 57 heavy (non-hydrogen) atoms. The van der Waals surface area contributed by atoms with Gasteiger partial charge in [0.15, 0.2) is 0 Å². The van der Waals surface area contributed by atoms with Gasteiger partial charge in [0.2, 0.25) is 39.6 Å². The minimum Gasteiger partial charge on any atom is -0.386 e. The number of nitrogens with zero attached hydrogens (tertiary/aromatic N) is 5. The number of carbonyl (C=O) groups excluding carboxylic acids is 4. The van der Waals surface area contributed by atoms with E-state index in [-0.39, 0.29) is 42.3 Å². The molecule has 1 aromatic heterocycles. The normalized spacial score (nSPS) is 26.4. The van der Waals surface area contributed by atoms with Gasteiger partial charge in [0, 0.05) is 69.9 Å². The molecule has 4 aliphatic heterocycles.